The number of amides is 4. The molecule has 4 aliphatic rings. The van der Waals surface area contributed by atoms with Gasteiger partial charge in [0.05, 0.1) is 48.0 Å². The van der Waals surface area contributed by atoms with Crippen LogP contribution in [0.15, 0.2) is 65.5 Å². The van der Waals surface area contributed by atoms with Crippen LogP contribution >= 0.6 is 0 Å². The van der Waals surface area contributed by atoms with Crippen molar-refractivity contribution in [1.29, 1.82) is 0 Å². The molecule has 4 amide bonds. The molecule has 2 aromatic heterocycles. The predicted octanol–water partition coefficient (Wildman–Crippen LogP) is 4.03. The molecule has 4 heterocycles. The van der Waals surface area contributed by atoms with Gasteiger partial charge in [0.2, 0.25) is 17.7 Å². The highest BCUT2D eigenvalue weighted by atomic mass is 19.1. The summed E-state index contributed by atoms with van der Waals surface area (Å²) in [5, 5.41) is 32.2. The summed E-state index contributed by atoms with van der Waals surface area (Å²) in [6.07, 6.45) is -1.05. The lowest BCUT2D eigenvalue weighted by molar-refractivity contribution is -0.172. The van der Waals surface area contributed by atoms with Crippen molar-refractivity contribution in [3.05, 3.63) is 121 Å². The summed E-state index contributed by atoms with van der Waals surface area (Å²) < 4.78 is 27.5. The Hall–Kier alpha value is -7.47. The Balaban J connectivity index is 0.832. The zero-order valence-electron chi connectivity index (χ0n) is 36.6. The number of carboxylic acids is 1. The highest BCUT2D eigenvalue weighted by molar-refractivity contribution is 5.95. The highest BCUT2D eigenvalue weighted by Gasteiger charge is 2.46. The first-order valence-electron chi connectivity index (χ1n) is 22.2. The SMILES string of the molecule is CC[C@@]1(O)C(=O)OCc2c1cc1n(c2=O)Cc2c-1nc1cc(F)c(C)c3c1c2[C@@H](NC(=O)[C@H](CC(=O)O)NC(=O)CCCNC(=O)CNC(=O)OCC1c2ccccc2-c2ccccc21)CC3. The lowest BCUT2D eigenvalue weighted by Crippen LogP contribution is -2.49. The van der Waals surface area contributed by atoms with Crippen LogP contribution in [0, 0.1) is 12.7 Å². The number of carboxylic acid groups (broad SMARTS) is 1. The van der Waals surface area contributed by atoms with E-state index in [1.54, 1.807) is 13.8 Å². The Kier molecular flexibility index (Phi) is 11.8. The van der Waals surface area contributed by atoms with Crippen LogP contribution in [-0.2, 0) is 58.6 Å². The quantitative estimate of drug-likeness (QED) is 0.0671. The van der Waals surface area contributed by atoms with E-state index in [-0.39, 0.29) is 86.8 Å². The van der Waals surface area contributed by atoms with Crippen LogP contribution in [0.2, 0.25) is 0 Å². The number of alkyl carbamates (subject to hydrolysis) is 1. The second-order valence-electron chi connectivity index (χ2n) is 17.3. The summed E-state index contributed by atoms with van der Waals surface area (Å²) in [4.78, 5) is 95.7. The first-order chi connectivity index (χ1) is 32.2. The number of fused-ring (bicyclic) bond motifs is 8. The Morgan fingerprint density at radius 3 is 2.40 bits per heavy atom. The topological polar surface area (TPSA) is 244 Å². The summed E-state index contributed by atoms with van der Waals surface area (Å²) in [6, 6.07) is 16.3. The normalized spacial score (nSPS) is 17.8. The number of esters is 1. The summed E-state index contributed by atoms with van der Waals surface area (Å²) in [5.74, 6) is -4.85. The van der Waals surface area contributed by atoms with Crippen LogP contribution in [0.25, 0.3) is 33.4 Å². The van der Waals surface area contributed by atoms with E-state index in [0.29, 0.717) is 39.8 Å². The van der Waals surface area contributed by atoms with Crippen LogP contribution in [0.4, 0.5) is 9.18 Å². The van der Waals surface area contributed by atoms with Gasteiger partial charge in [0.1, 0.15) is 25.1 Å². The number of aliphatic hydroxyl groups is 1. The number of nitrogens with one attached hydrogen (secondary N) is 4. The average Bonchev–Trinajstić information content (AvgIpc) is 3.85. The molecule has 6 N–H and O–H groups in total. The van der Waals surface area contributed by atoms with Crippen LogP contribution in [0.5, 0.6) is 0 Å². The van der Waals surface area contributed by atoms with E-state index < -0.39 is 71.2 Å². The fourth-order valence-corrected chi connectivity index (χ4v) is 9.96. The fourth-order valence-electron chi connectivity index (χ4n) is 9.96. The Morgan fingerprint density at radius 2 is 1.70 bits per heavy atom. The van der Waals surface area contributed by atoms with E-state index in [0.717, 1.165) is 22.3 Å². The maximum Gasteiger partial charge on any atom is 0.407 e. The number of cyclic esters (lactones) is 1. The van der Waals surface area contributed by atoms with Gasteiger partial charge in [-0.1, -0.05) is 55.5 Å². The van der Waals surface area contributed by atoms with Crippen molar-refractivity contribution in [2.24, 2.45) is 0 Å². The standard InChI is InChI=1S/C49H47FN6O11/c1-3-49(65)33-17-38-44-30(21-56(38)46(62)32(33)23-66-47(49)63)43-35(15-14-25-24(2)34(50)18-36(54-44)42(25)43)55-45(61)37(19-41(59)60)53-39(57)13-8-16-51-40(58)20-52-48(64)67-22-31-28-11-6-4-9-26(28)27-10-5-7-12-29(27)31/h4-7,9-12,17-18,31,35,37,65H,3,8,13-16,19-23H2,1-2H3,(H,51,58)(H,52,64)(H,53,57)(H,55,61)(H,59,60)/t35-,37-,49-/m0/s1. The molecule has 0 spiro atoms. The minimum absolute atomic E-state index is 0.00686. The molecule has 0 saturated heterocycles. The Bertz CT molecular complexity index is 2960. The van der Waals surface area contributed by atoms with Gasteiger partial charge in [-0.05, 0) is 77.6 Å². The summed E-state index contributed by atoms with van der Waals surface area (Å²) >= 11 is 0. The van der Waals surface area contributed by atoms with Gasteiger partial charge in [-0.15, -0.1) is 0 Å². The van der Waals surface area contributed by atoms with E-state index in [4.69, 9.17) is 14.5 Å². The van der Waals surface area contributed by atoms with Gasteiger partial charge in [0.25, 0.3) is 5.56 Å². The van der Waals surface area contributed by atoms with E-state index in [1.807, 2.05) is 48.5 Å². The van der Waals surface area contributed by atoms with Crippen LogP contribution < -0.4 is 26.8 Å². The summed E-state index contributed by atoms with van der Waals surface area (Å²) in [5.41, 5.74) is 4.90. The van der Waals surface area contributed by atoms with Gasteiger partial charge in [-0.3, -0.25) is 24.0 Å². The lowest BCUT2D eigenvalue weighted by Gasteiger charge is -2.31. The third kappa shape index (κ3) is 8.04. The molecule has 3 aromatic carbocycles. The number of carbonyl (C=O) groups is 6. The minimum atomic E-state index is -2.08. The number of rotatable bonds is 14. The first-order valence-corrected chi connectivity index (χ1v) is 22.2. The van der Waals surface area contributed by atoms with Crippen molar-refractivity contribution in [3.63, 3.8) is 0 Å². The summed E-state index contributed by atoms with van der Waals surface area (Å²) in [6.45, 7) is 2.62. The smallest absolute Gasteiger partial charge is 0.407 e. The number of benzene rings is 3. The van der Waals surface area contributed by atoms with Crippen LogP contribution in [0.1, 0.15) is 95.5 Å². The molecule has 0 saturated carbocycles. The molecule has 18 heteroatoms. The maximum absolute atomic E-state index is 15.4. The number of hydrogen-bond donors (Lipinski definition) is 6. The van der Waals surface area contributed by atoms with E-state index in [2.05, 4.69) is 21.3 Å². The van der Waals surface area contributed by atoms with Gasteiger partial charge in [0.15, 0.2) is 5.60 Å². The number of nitrogens with zero attached hydrogens (tertiary/aromatic N) is 2. The van der Waals surface area contributed by atoms with Crippen LogP contribution in [-0.4, -0.2) is 81.3 Å². The van der Waals surface area contributed by atoms with Crippen molar-refractivity contribution < 1.29 is 52.8 Å². The number of hydrogen-bond acceptors (Lipinski definition) is 11. The number of halogens is 1. The van der Waals surface area contributed by atoms with Crippen molar-refractivity contribution in [2.45, 2.75) is 89.1 Å². The lowest BCUT2D eigenvalue weighted by atomic mass is 9.81. The van der Waals surface area contributed by atoms with Crippen molar-refractivity contribution in [2.75, 3.05) is 19.7 Å². The third-order valence-electron chi connectivity index (χ3n) is 13.4. The molecule has 2 aliphatic carbocycles. The maximum atomic E-state index is 15.4. The van der Waals surface area contributed by atoms with E-state index >= 15 is 4.39 Å². The van der Waals surface area contributed by atoms with Gasteiger partial charge in [0, 0.05) is 41.5 Å². The number of aryl methyl sites for hydroxylation is 1. The van der Waals surface area contributed by atoms with Gasteiger partial charge < -0.3 is 45.5 Å². The predicted molar refractivity (Wildman–Crippen MR) is 238 cm³/mol. The first kappa shape index (κ1) is 44.7. The molecule has 2 aliphatic heterocycles. The molecule has 9 rings (SSSR count). The largest absolute Gasteiger partial charge is 0.481 e. The monoisotopic (exact) mass is 914 g/mol. The second kappa shape index (κ2) is 17.7. The third-order valence-corrected chi connectivity index (χ3v) is 13.4. The Morgan fingerprint density at radius 1 is 0.985 bits per heavy atom. The second-order valence-corrected chi connectivity index (χ2v) is 17.3. The molecular weight excluding hydrogens is 868 g/mol. The van der Waals surface area contributed by atoms with Gasteiger partial charge in [-0.25, -0.2) is 19.0 Å². The Labute approximate surface area is 382 Å². The van der Waals surface area contributed by atoms with E-state index in [9.17, 15) is 43.8 Å². The van der Waals surface area contributed by atoms with Crippen molar-refractivity contribution in [1.82, 2.24) is 30.8 Å². The number of carbonyl (C=O) groups excluding carboxylic acids is 5. The molecule has 0 fully saturated rings. The molecule has 0 bridgehead atoms. The number of ether oxygens (including phenoxy) is 2. The molecule has 17 nitrogen and oxygen atoms in total. The zero-order chi connectivity index (χ0) is 47.3. The summed E-state index contributed by atoms with van der Waals surface area (Å²) in [7, 11) is 0. The van der Waals surface area contributed by atoms with Gasteiger partial charge >= 0.3 is 18.0 Å². The molecule has 5 aromatic rings. The molecular formula is C49H47FN6O11. The fraction of sp³-hybridized carbons (Fsp3) is 0.347. The molecule has 0 radical (unpaired) electrons. The van der Waals surface area contributed by atoms with Crippen molar-refractivity contribution >= 4 is 46.7 Å². The highest BCUT2D eigenvalue weighted by Crippen LogP contribution is 2.47. The molecule has 3 atom stereocenters. The molecule has 346 valence electrons. The number of pyridine rings is 2. The number of aliphatic carboxylic acids is 1. The zero-order valence-corrected chi connectivity index (χ0v) is 36.6. The minimum Gasteiger partial charge on any atom is -0.481 e. The van der Waals surface area contributed by atoms with Crippen LogP contribution in [0.3, 0.4) is 0 Å². The molecule has 0 unspecified atom stereocenters. The average molecular weight is 915 g/mol. The van der Waals surface area contributed by atoms with E-state index in [1.165, 1.54) is 16.7 Å². The number of aromatic nitrogens is 2. The molecule has 67 heavy (non-hydrogen) atoms. The van der Waals surface area contributed by atoms with Gasteiger partial charge in [-0.2, -0.15) is 0 Å². The van der Waals surface area contributed by atoms with Crippen molar-refractivity contribution in [3.8, 4) is 22.5 Å².